The van der Waals surface area contributed by atoms with Gasteiger partial charge in [0.2, 0.25) is 5.09 Å². The van der Waals surface area contributed by atoms with Crippen molar-refractivity contribution in [2.45, 2.75) is 30.5 Å². The Kier molecular flexibility index (Phi) is 4.13. The molecule has 7 heteroatoms. The van der Waals surface area contributed by atoms with E-state index >= 15 is 0 Å². The zero-order valence-corrected chi connectivity index (χ0v) is 11.0. The molecular formula is C10H16N2O3S2. The van der Waals surface area contributed by atoms with E-state index < -0.39 is 10.0 Å². The number of nitrogens with two attached hydrogens (primary N) is 1. The molecule has 0 aliphatic carbocycles. The van der Waals surface area contributed by atoms with Crippen molar-refractivity contribution in [3.8, 4) is 0 Å². The Bertz CT molecular complexity index is 464. The summed E-state index contributed by atoms with van der Waals surface area (Å²) in [4.78, 5) is 0. The minimum absolute atomic E-state index is 0.0210. The van der Waals surface area contributed by atoms with Gasteiger partial charge in [-0.2, -0.15) is 11.8 Å². The van der Waals surface area contributed by atoms with Crippen molar-refractivity contribution in [3.05, 3.63) is 17.9 Å². The SMILES string of the molecule is NCc1ccc(S(=O)(=O)NC2CCSCC2)o1. The molecule has 0 bridgehead atoms. The van der Waals surface area contributed by atoms with Crippen molar-refractivity contribution in [1.29, 1.82) is 0 Å². The molecule has 0 spiro atoms. The van der Waals surface area contributed by atoms with Gasteiger partial charge in [-0.1, -0.05) is 0 Å². The first-order chi connectivity index (χ1) is 8.12. The predicted molar refractivity (Wildman–Crippen MR) is 67.3 cm³/mol. The molecule has 96 valence electrons. The van der Waals surface area contributed by atoms with Crippen molar-refractivity contribution in [2.75, 3.05) is 11.5 Å². The minimum Gasteiger partial charge on any atom is -0.447 e. The third-order valence-corrected chi connectivity index (χ3v) is 5.09. The van der Waals surface area contributed by atoms with Gasteiger partial charge in [0.1, 0.15) is 5.76 Å². The topological polar surface area (TPSA) is 85.3 Å². The summed E-state index contributed by atoms with van der Waals surface area (Å²) >= 11 is 1.85. The highest BCUT2D eigenvalue weighted by Crippen LogP contribution is 2.20. The van der Waals surface area contributed by atoms with Crippen LogP contribution < -0.4 is 10.5 Å². The van der Waals surface area contributed by atoms with Crippen LogP contribution in [0.3, 0.4) is 0 Å². The lowest BCUT2D eigenvalue weighted by molar-refractivity contribution is 0.408. The fourth-order valence-corrected chi connectivity index (χ4v) is 4.07. The van der Waals surface area contributed by atoms with Crippen LogP contribution in [0.5, 0.6) is 0 Å². The summed E-state index contributed by atoms with van der Waals surface area (Å²) in [6.07, 6.45) is 1.74. The molecule has 0 unspecified atom stereocenters. The Hall–Kier alpha value is -0.500. The summed E-state index contributed by atoms with van der Waals surface area (Å²) in [5, 5.41) is -0.0452. The van der Waals surface area contributed by atoms with Crippen LogP contribution >= 0.6 is 11.8 Å². The first-order valence-electron chi connectivity index (χ1n) is 5.50. The van der Waals surface area contributed by atoms with E-state index in [1.807, 2.05) is 11.8 Å². The van der Waals surface area contributed by atoms with Crippen LogP contribution in [0.4, 0.5) is 0 Å². The number of rotatable bonds is 4. The molecule has 1 aliphatic rings. The summed E-state index contributed by atoms with van der Waals surface area (Å²) in [5.41, 5.74) is 5.38. The first-order valence-corrected chi connectivity index (χ1v) is 8.14. The van der Waals surface area contributed by atoms with E-state index in [1.54, 1.807) is 6.07 Å². The molecule has 1 saturated heterocycles. The molecule has 0 aromatic carbocycles. The van der Waals surface area contributed by atoms with Gasteiger partial charge in [0, 0.05) is 6.04 Å². The maximum Gasteiger partial charge on any atom is 0.274 e. The summed E-state index contributed by atoms with van der Waals surface area (Å²) < 4.78 is 31.8. The fraction of sp³-hybridized carbons (Fsp3) is 0.600. The van der Waals surface area contributed by atoms with E-state index in [0.717, 1.165) is 24.3 Å². The molecule has 2 rings (SSSR count). The molecule has 1 fully saturated rings. The maximum atomic E-state index is 12.0. The first kappa shape index (κ1) is 12.9. The van der Waals surface area contributed by atoms with Gasteiger partial charge in [-0.15, -0.1) is 0 Å². The summed E-state index contributed by atoms with van der Waals surface area (Å²) in [5.74, 6) is 2.48. The van der Waals surface area contributed by atoms with Crippen LogP contribution in [-0.2, 0) is 16.6 Å². The van der Waals surface area contributed by atoms with Crippen molar-refractivity contribution < 1.29 is 12.8 Å². The third kappa shape index (κ3) is 3.25. The molecule has 17 heavy (non-hydrogen) atoms. The maximum absolute atomic E-state index is 12.0. The molecule has 0 amide bonds. The Morgan fingerprint density at radius 2 is 2.12 bits per heavy atom. The van der Waals surface area contributed by atoms with Crippen LogP contribution in [0.1, 0.15) is 18.6 Å². The quantitative estimate of drug-likeness (QED) is 0.854. The normalized spacial score (nSPS) is 18.4. The molecule has 1 aromatic rings. The lowest BCUT2D eigenvalue weighted by atomic mass is 10.2. The Labute approximate surface area is 105 Å². The molecule has 2 heterocycles. The van der Waals surface area contributed by atoms with Gasteiger partial charge in [0.15, 0.2) is 0 Å². The Morgan fingerprint density at radius 1 is 1.41 bits per heavy atom. The average Bonchev–Trinajstić information content (AvgIpc) is 2.79. The number of sulfonamides is 1. The second-order valence-electron chi connectivity index (χ2n) is 3.93. The standard InChI is InChI=1S/C10H16N2O3S2/c11-7-9-1-2-10(15-9)17(13,14)12-8-3-5-16-6-4-8/h1-2,8,12H,3-7,11H2. The molecule has 0 saturated carbocycles. The highest BCUT2D eigenvalue weighted by Gasteiger charge is 2.24. The molecular weight excluding hydrogens is 260 g/mol. The zero-order chi connectivity index (χ0) is 12.3. The molecule has 1 aliphatic heterocycles. The van der Waals surface area contributed by atoms with Gasteiger partial charge >= 0.3 is 0 Å². The molecule has 5 nitrogen and oxygen atoms in total. The van der Waals surface area contributed by atoms with Crippen LogP contribution in [0.2, 0.25) is 0 Å². The average molecular weight is 276 g/mol. The van der Waals surface area contributed by atoms with Gasteiger partial charge in [-0.05, 0) is 36.5 Å². The number of nitrogens with one attached hydrogen (secondary N) is 1. The zero-order valence-electron chi connectivity index (χ0n) is 9.39. The Morgan fingerprint density at radius 3 is 2.71 bits per heavy atom. The largest absolute Gasteiger partial charge is 0.447 e. The van der Waals surface area contributed by atoms with Gasteiger partial charge in [0.05, 0.1) is 6.54 Å². The fourth-order valence-electron chi connectivity index (χ4n) is 1.71. The van der Waals surface area contributed by atoms with E-state index in [2.05, 4.69) is 4.72 Å². The van der Waals surface area contributed by atoms with Crippen LogP contribution in [-0.4, -0.2) is 26.0 Å². The smallest absolute Gasteiger partial charge is 0.274 e. The van der Waals surface area contributed by atoms with E-state index in [1.165, 1.54) is 6.07 Å². The monoisotopic (exact) mass is 276 g/mol. The van der Waals surface area contributed by atoms with Gasteiger partial charge < -0.3 is 10.2 Å². The van der Waals surface area contributed by atoms with Crippen LogP contribution in [0, 0.1) is 0 Å². The van der Waals surface area contributed by atoms with Crippen molar-refractivity contribution in [3.63, 3.8) is 0 Å². The molecule has 0 radical (unpaired) electrons. The Balaban J connectivity index is 2.07. The number of hydrogen-bond donors (Lipinski definition) is 2. The summed E-state index contributed by atoms with van der Waals surface area (Å²) in [6.45, 7) is 0.204. The number of thioether (sulfide) groups is 1. The van der Waals surface area contributed by atoms with Crippen molar-refractivity contribution >= 4 is 21.8 Å². The van der Waals surface area contributed by atoms with Crippen LogP contribution in [0.15, 0.2) is 21.6 Å². The van der Waals surface area contributed by atoms with Crippen molar-refractivity contribution in [1.82, 2.24) is 4.72 Å². The highest BCUT2D eigenvalue weighted by atomic mass is 32.2. The van der Waals surface area contributed by atoms with Gasteiger partial charge in [-0.25, -0.2) is 13.1 Å². The second kappa shape index (κ2) is 5.43. The van der Waals surface area contributed by atoms with Gasteiger partial charge in [-0.3, -0.25) is 0 Å². The van der Waals surface area contributed by atoms with Crippen molar-refractivity contribution in [2.24, 2.45) is 5.73 Å². The molecule has 0 atom stereocenters. The third-order valence-electron chi connectivity index (χ3n) is 2.65. The van der Waals surface area contributed by atoms with Gasteiger partial charge in [0.25, 0.3) is 10.0 Å². The summed E-state index contributed by atoms with van der Waals surface area (Å²) in [7, 11) is -3.53. The predicted octanol–water partition coefficient (Wildman–Crippen LogP) is 0.912. The lowest BCUT2D eigenvalue weighted by Gasteiger charge is -2.21. The van der Waals surface area contributed by atoms with E-state index in [4.69, 9.17) is 10.2 Å². The number of furan rings is 1. The molecule has 3 N–H and O–H groups in total. The second-order valence-corrected chi connectivity index (χ2v) is 6.80. The highest BCUT2D eigenvalue weighted by molar-refractivity contribution is 7.99. The minimum atomic E-state index is -3.53. The molecule has 1 aromatic heterocycles. The van der Waals surface area contributed by atoms with E-state index in [-0.39, 0.29) is 17.7 Å². The summed E-state index contributed by atoms with van der Waals surface area (Å²) in [6, 6.07) is 3.06. The lowest BCUT2D eigenvalue weighted by Crippen LogP contribution is -2.37. The van der Waals surface area contributed by atoms with E-state index in [0.29, 0.717) is 5.76 Å². The van der Waals surface area contributed by atoms with E-state index in [9.17, 15) is 8.42 Å². The van der Waals surface area contributed by atoms with Crippen LogP contribution in [0.25, 0.3) is 0 Å². The number of hydrogen-bond acceptors (Lipinski definition) is 5.